The predicted molar refractivity (Wildman–Crippen MR) is 120 cm³/mol. The van der Waals surface area contributed by atoms with E-state index in [0.717, 1.165) is 5.56 Å². The van der Waals surface area contributed by atoms with Gasteiger partial charge in [0.1, 0.15) is 12.7 Å². The van der Waals surface area contributed by atoms with Gasteiger partial charge in [-0.2, -0.15) is 0 Å². The first-order chi connectivity index (χ1) is 16.8. The van der Waals surface area contributed by atoms with E-state index >= 15 is 0 Å². The van der Waals surface area contributed by atoms with Crippen molar-refractivity contribution in [3.8, 4) is 11.5 Å². The molecule has 1 N–H and O–H groups in total. The van der Waals surface area contributed by atoms with Crippen molar-refractivity contribution < 1.29 is 37.1 Å². The molecule has 1 aliphatic heterocycles. The molecule has 0 spiro atoms. The van der Waals surface area contributed by atoms with E-state index in [9.17, 15) is 18.4 Å². The molecule has 2 amide bonds. The fraction of sp³-hybridized carbons (Fsp3) is 0.458. The molecule has 3 atom stereocenters. The Hall–Kier alpha value is -3.63. The highest BCUT2D eigenvalue weighted by atomic mass is 19.3. The molecule has 0 saturated heterocycles. The number of alkyl halides is 2. The molecule has 1 aliphatic carbocycles. The Morgan fingerprint density at radius 2 is 2.11 bits per heavy atom. The van der Waals surface area contributed by atoms with Crippen molar-refractivity contribution in [2.75, 3.05) is 20.3 Å². The average Bonchev–Trinajstić information content (AvgIpc) is 3.31. The van der Waals surface area contributed by atoms with Gasteiger partial charge in [0.15, 0.2) is 16.9 Å². The van der Waals surface area contributed by atoms with Gasteiger partial charge in [-0.3, -0.25) is 9.69 Å². The van der Waals surface area contributed by atoms with Crippen LogP contribution in [0.4, 0.5) is 13.6 Å². The Labute approximate surface area is 200 Å². The number of fused-ring (bicyclic) bond motifs is 1. The van der Waals surface area contributed by atoms with Gasteiger partial charge in [-0.15, -0.1) is 0 Å². The summed E-state index contributed by atoms with van der Waals surface area (Å²) >= 11 is 0. The lowest BCUT2D eigenvalue weighted by atomic mass is 9.78. The zero-order valence-corrected chi connectivity index (χ0v) is 19.4. The van der Waals surface area contributed by atoms with Gasteiger partial charge in [-0.05, 0) is 43.0 Å². The molecule has 4 rings (SSSR count). The summed E-state index contributed by atoms with van der Waals surface area (Å²) in [7, 11) is 1.43. The van der Waals surface area contributed by atoms with Crippen molar-refractivity contribution >= 4 is 24.3 Å². The van der Waals surface area contributed by atoms with Crippen LogP contribution in [0.2, 0.25) is 0 Å². The first-order valence-corrected chi connectivity index (χ1v) is 11.3. The van der Waals surface area contributed by atoms with E-state index in [1.54, 1.807) is 30.5 Å². The van der Waals surface area contributed by atoms with Gasteiger partial charge in [-0.1, -0.05) is 11.2 Å². The zero-order chi connectivity index (χ0) is 24.9. The number of aromatic nitrogens is 1. The number of ether oxygens (including phenoxy) is 3. The molecule has 0 radical (unpaired) electrons. The van der Waals surface area contributed by atoms with Gasteiger partial charge < -0.3 is 24.1 Å². The molecule has 1 saturated carbocycles. The van der Waals surface area contributed by atoms with E-state index in [1.165, 1.54) is 25.1 Å². The minimum Gasteiger partial charge on any atom is -0.493 e. The summed E-state index contributed by atoms with van der Waals surface area (Å²) in [5, 5.41) is 7.53. The van der Waals surface area contributed by atoms with Crippen LogP contribution in [0.5, 0.6) is 11.5 Å². The number of hydrogen-bond donors (Lipinski definition) is 1. The second kappa shape index (κ2) is 10.7. The Morgan fingerprint density at radius 3 is 2.86 bits per heavy atom. The molecule has 1 aromatic heterocycles. The summed E-state index contributed by atoms with van der Waals surface area (Å²) in [5.41, 5.74) is 1.37. The standard InChI is InChI=1S/C24H27F2N3O6/c1-14(30)34-17-4-5-19(28-24(31)29-8-7-20-16(12-29)11-27-35-20)18(10-17)15-3-6-21(32-2)22(9-15)33-13-23(25)26/h3,6-7,9,11-12,17-19,23H,4-5,8,10,13H2,1-2H3,(H,28,31)/t17-,18?,19?/m1/s1. The van der Waals surface area contributed by atoms with E-state index < -0.39 is 13.0 Å². The lowest BCUT2D eigenvalue weighted by Crippen LogP contribution is -2.49. The molecule has 1 fully saturated rings. The maximum Gasteiger partial charge on any atom is 0.321 e. The first-order valence-electron chi connectivity index (χ1n) is 11.3. The predicted octanol–water partition coefficient (Wildman–Crippen LogP) is 2.14. The van der Waals surface area contributed by atoms with Crippen LogP contribution in [-0.4, -0.2) is 60.9 Å². The summed E-state index contributed by atoms with van der Waals surface area (Å²) in [6, 6.07) is 4.51. The number of nitrogens with zero attached hydrogens (tertiary/aromatic N) is 2. The van der Waals surface area contributed by atoms with Crippen LogP contribution in [0.25, 0.3) is 12.3 Å². The Kier molecular flexibility index (Phi) is 7.52. The number of amides is 2. The lowest BCUT2D eigenvalue weighted by Gasteiger charge is -2.37. The summed E-state index contributed by atoms with van der Waals surface area (Å²) < 4.78 is 46.6. The summed E-state index contributed by atoms with van der Waals surface area (Å²) in [6.07, 6.45) is 3.61. The summed E-state index contributed by atoms with van der Waals surface area (Å²) in [5.74, 6) is -0.124. The van der Waals surface area contributed by atoms with Gasteiger partial charge in [0.2, 0.25) is 0 Å². The topological polar surface area (TPSA) is 103 Å². The highest BCUT2D eigenvalue weighted by Crippen LogP contribution is 2.39. The van der Waals surface area contributed by atoms with E-state index in [4.69, 9.17) is 18.7 Å². The molecule has 2 aliphatic rings. The summed E-state index contributed by atoms with van der Waals surface area (Å²) in [6.45, 7) is 0.913. The smallest absolute Gasteiger partial charge is 0.321 e. The minimum absolute atomic E-state index is 0.184. The largest absolute Gasteiger partial charge is 0.493 e. The molecule has 35 heavy (non-hydrogen) atoms. The van der Waals surface area contributed by atoms with Crippen LogP contribution in [0.1, 0.15) is 37.7 Å². The van der Waals surface area contributed by atoms with Gasteiger partial charge >= 0.3 is 12.0 Å². The van der Waals surface area contributed by atoms with Crippen molar-refractivity contribution in [2.45, 2.75) is 50.7 Å². The monoisotopic (exact) mass is 491 g/mol. The molecule has 9 nitrogen and oxygen atoms in total. The third-order valence-corrected chi connectivity index (χ3v) is 6.08. The third kappa shape index (κ3) is 5.90. The van der Waals surface area contributed by atoms with Crippen LogP contribution in [0, 0.1) is 0 Å². The Balaban J connectivity index is 1.57. The number of urea groups is 1. The van der Waals surface area contributed by atoms with Crippen molar-refractivity contribution in [1.29, 1.82) is 0 Å². The zero-order valence-electron chi connectivity index (χ0n) is 19.4. The lowest BCUT2D eigenvalue weighted by molar-refractivity contribution is -0.148. The van der Waals surface area contributed by atoms with Crippen molar-refractivity contribution in [1.82, 2.24) is 15.4 Å². The van der Waals surface area contributed by atoms with Crippen LogP contribution >= 0.6 is 0 Å². The molecule has 188 valence electrons. The molecule has 2 aromatic rings. The second-order valence-electron chi connectivity index (χ2n) is 8.45. The number of methoxy groups -OCH3 is 1. The van der Waals surface area contributed by atoms with Gasteiger partial charge in [-0.25, -0.2) is 13.6 Å². The number of carbonyl (C=O) groups excluding carboxylic acids is 2. The van der Waals surface area contributed by atoms with E-state index in [2.05, 4.69) is 10.5 Å². The molecular formula is C24H27F2N3O6. The first kappa shape index (κ1) is 24.5. The number of hydrogen-bond acceptors (Lipinski definition) is 7. The molecule has 0 bridgehead atoms. The fourth-order valence-electron chi connectivity index (χ4n) is 4.50. The van der Waals surface area contributed by atoms with Gasteiger partial charge in [0.25, 0.3) is 6.43 Å². The third-order valence-electron chi connectivity index (χ3n) is 6.08. The van der Waals surface area contributed by atoms with E-state index in [0.29, 0.717) is 42.2 Å². The number of esters is 1. The SMILES string of the molecule is COc1ccc(C2C[C@H](OC(C)=O)CCC2NC(=O)N2C=c3cnoc3=CC2)cc1OCC(F)F. The fourth-order valence-corrected chi connectivity index (χ4v) is 4.50. The maximum absolute atomic E-state index is 13.1. The minimum atomic E-state index is -2.64. The molecule has 2 heterocycles. The summed E-state index contributed by atoms with van der Waals surface area (Å²) in [4.78, 5) is 26.2. The van der Waals surface area contributed by atoms with E-state index in [-0.39, 0.29) is 35.8 Å². The second-order valence-corrected chi connectivity index (χ2v) is 8.45. The molecular weight excluding hydrogens is 464 g/mol. The van der Waals surface area contributed by atoms with Crippen LogP contribution in [-0.2, 0) is 9.53 Å². The van der Waals surface area contributed by atoms with Crippen molar-refractivity contribution in [2.24, 2.45) is 0 Å². The number of benzene rings is 1. The maximum atomic E-state index is 13.1. The number of carbonyl (C=O) groups is 2. The van der Waals surface area contributed by atoms with Crippen LogP contribution in [0.15, 0.2) is 28.9 Å². The van der Waals surface area contributed by atoms with Crippen LogP contribution in [0.3, 0.4) is 0 Å². The van der Waals surface area contributed by atoms with Crippen molar-refractivity contribution in [3.63, 3.8) is 0 Å². The molecule has 1 aromatic carbocycles. The highest BCUT2D eigenvalue weighted by Gasteiger charge is 2.35. The Morgan fingerprint density at radius 1 is 1.29 bits per heavy atom. The average molecular weight is 491 g/mol. The number of halogens is 2. The van der Waals surface area contributed by atoms with Crippen molar-refractivity contribution in [3.05, 3.63) is 40.6 Å². The van der Waals surface area contributed by atoms with Gasteiger partial charge in [0.05, 0.1) is 18.5 Å². The Bertz CT molecular complexity index is 1180. The number of nitrogens with one attached hydrogen (secondary N) is 1. The molecule has 11 heteroatoms. The number of rotatable bonds is 7. The highest BCUT2D eigenvalue weighted by molar-refractivity contribution is 5.80. The van der Waals surface area contributed by atoms with Crippen LogP contribution < -0.4 is 25.4 Å². The van der Waals surface area contributed by atoms with E-state index in [1.807, 2.05) is 0 Å². The quantitative estimate of drug-likeness (QED) is 0.592. The normalized spacial score (nSPS) is 21.4. The van der Waals surface area contributed by atoms with Gasteiger partial charge in [0, 0.05) is 31.6 Å². The molecule has 2 unspecified atom stereocenters.